The second-order valence-electron chi connectivity index (χ2n) is 3.56. The molecule has 2 nitrogen and oxygen atoms in total. The van der Waals surface area contributed by atoms with E-state index in [1.165, 1.54) is 11.3 Å². The van der Waals surface area contributed by atoms with Crippen LogP contribution in [0.1, 0.15) is 28.3 Å². The van der Waals surface area contributed by atoms with Crippen molar-refractivity contribution in [2.45, 2.75) is 13.0 Å². The van der Waals surface area contributed by atoms with Crippen molar-refractivity contribution < 1.29 is 9.53 Å². The van der Waals surface area contributed by atoms with Gasteiger partial charge in [0.25, 0.3) is 0 Å². The van der Waals surface area contributed by atoms with Gasteiger partial charge in [-0.05, 0) is 39.9 Å². The average molecular weight is 311 g/mol. The fraction of sp³-hybridized carbons (Fsp3) is 0.154. The fourth-order valence-electron chi connectivity index (χ4n) is 1.45. The molecule has 1 heterocycles. The molecule has 0 aliphatic heterocycles. The molecule has 0 aliphatic carbocycles. The molecule has 1 atom stereocenters. The predicted molar refractivity (Wildman–Crippen MR) is 72.3 cm³/mol. The first kappa shape index (κ1) is 12.3. The van der Waals surface area contributed by atoms with E-state index in [1.807, 2.05) is 48.7 Å². The number of benzene rings is 1. The quantitative estimate of drug-likeness (QED) is 0.784. The summed E-state index contributed by atoms with van der Waals surface area (Å²) in [5.74, 6) is -0.289. The largest absolute Gasteiger partial charge is 0.454 e. The van der Waals surface area contributed by atoms with Crippen molar-refractivity contribution in [1.29, 1.82) is 0 Å². The van der Waals surface area contributed by atoms with E-state index in [0.29, 0.717) is 4.88 Å². The minimum absolute atomic E-state index is 0.238. The molecule has 1 aromatic carbocycles. The highest BCUT2D eigenvalue weighted by atomic mass is 79.9. The SMILES string of the molecule is CC(OC(=O)c1sccc1Br)c1ccccc1. The summed E-state index contributed by atoms with van der Waals surface area (Å²) in [5, 5.41) is 1.86. The number of thiophene rings is 1. The van der Waals surface area contributed by atoms with E-state index < -0.39 is 0 Å². The lowest BCUT2D eigenvalue weighted by Gasteiger charge is -2.12. The van der Waals surface area contributed by atoms with Gasteiger partial charge in [-0.1, -0.05) is 30.3 Å². The van der Waals surface area contributed by atoms with Crippen molar-refractivity contribution in [3.05, 3.63) is 56.7 Å². The molecule has 88 valence electrons. The summed E-state index contributed by atoms with van der Waals surface area (Å²) in [6.07, 6.45) is -0.238. The van der Waals surface area contributed by atoms with Crippen molar-refractivity contribution in [2.75, 3.05) is 0 Å². The van der Waals surface area contributed by atoms with Crippen molar-refractivity contribution in [2.24, 2.45) is 0 Å². The maximum atomic E-state index is 11.9. The Hall–Kier alpha value is -1.13. The van der Waals surface area contributed by atoms with Gasteiger partial charge in [0.05, 0.1) is 0 Å². The third-order valence-electron chi connectivity index (χ3n) is 2.36. The van der Waals surface area contributed by atoms with Crippen molar-refractivity contribution >= 4 is 33.2 Å². The van der Waals surface area contributed by atoms with Crippen LogP contribution in [0.3, 0.4) is 0 Å². The molecule has 4 heteroatoms. The van der Waals surface area contributed by atoms with E-state index in [1.54, 1.807) is 0 Å². The first-order chi connectivity index (χ1) is 8.18. The molecule has 2 rings (SSSR count). The zero-order valence-corrected chi connectivity index (χ0v) is 11.6. The lowest BCUT2D eigenvalue weighted by atomic mass is 10.1. The van der Waals surface area contributed by atoms with E-state index in [4.69, 9.17) is 4.74 Å². The van der Waals surface area contributed by atoms with Crippen LogP contribution in [0.2, 0.25) is 0 Å². The summed E-state index contributed by atoms with van der Waals surface area (Å²) in [4.78, 5) is 12.5. The summed E-state index contributed by atoms with van der Waals surface area (Å²) < 4.78 is 6.19. The standard InChI is InChI=1S/C13H11BrO2S/c1-9(10-5-3-2-4-6-10)16-13(15)12-11(14)7-8-17-12/h2-9H,1H3. The Bertz CT molecular complexity index is 507. The van der Waals surface area contributed by atoms with E-state index >= 15 is 0 Å². The van der Waals surface area contributed by atoms with Crippen LogP contribution >= 0.6 is 27.3 Å². The average Bonchev–Trinajstić information content (AvgIpc) is 2.76. The Morgan fingerprint density at radius 1 is 1.29 bits per heavy atom. The summed E-state index contributed by atoms with van der Waals surface area (Å²) in [7, 11) is 0. The van der Waals surface area contributed by atoms with E-state index in [9.17, 15) is 4.79 Å². The first-order valence-electron chi connectivity index (χ1n) is 5.17. The van der Waals surface area contributed by atoms with E-state index in [2.05, 4.69) is 15.9 Å². The Kier molecular flexibility index (Phi) is 3.97. The first-order valence-corrected chi connectivity index (χ1v) is 6.84. The van der Waals surface area contributed by atoms with Crippen molar-refractivity contribution in [3.8, 4) is 0 Å². The number of esters is 1. The molecule has 1 unspecified atom stereocenters. The smallest absolute Gasteiger partial charge is 0.350 e. The predicted octanol–water partition coefficient (Wildman–Crippen LogP) is 4.43. The van der Waals surface area contributed by atoms with Gasteiger partial charge in [0.1, 0.15) is 11.0 Å². The van der Waals surface area contributed by atoms with Gasteiger partial charge >= 0.3 is 5.97 Å². The van der Waals surface area contributed by atoms with Crippen LogP contribution in [-0.4, -0.2) is 5.97 Å². The number of carbonyl (C=O) groups excluding carboxylic acids is 1. The molecule has 17 heavy (non-hydrogen) atoms. The monoisotopic (exact) mass is 310 g/mol. The van der Waals surface area contributed by atoms with Crippen LogP contribution in [-0.2, 0) is 4.74 Å². The molecule has 0 spiro atoms. The van der Waals surface area contributed by atoms with Crippen molar-refractivity contribution in [1.82, 2.24) is 0 Å². The highest BCUT2D eigenvalue weighted by Crippen LogP contribution is 2.26. The minimum Gasteiger partial charge on any atom is -0.454 e. The fourth-order valence-corrected chi connectivity index (χ4v) is 2.86. The zero-order valence-electron chi connectivity index (χ0n) is 9.22. The van der Waals surface area contributed by atoms with Gasteiger partial charge in [-0.25, -0.2) is 4.79 Å². The second-order valence-corrected chi connectivity index (χ2v) is 5.33. The van der Waals surface area contributed by atoms with Crippen LogP contribution in [0.15, 0.2) is 46.3 Å². The summed E-state index contributed by atoms with van der Waals surface area (Å²) in [5.41, 5.74) is 0.994. The number of rotatable bonds is 3. The van der Waals surface area contributed by atoms with Crippen LogP contribution in [0.5, 0.6) is 0 Å². The number of carbonyl (C=O) groups is 1. The summed E-state index contributed by atoms with van der Waals surface area (Å²) >= 11 is 4.70. The van der Waals surface area contributed by atoms with Gasteiger partial charge in [0.2, 0.25) is 0 Å². The van der Waals surface area contributed by atoms with Gasteiger partial charge in [-0.3, -0.25) is 0 Å². The Morgan fingerprint density at radius 2 is 2.00 bits per heavy atom. The van der Waals surface area contributed by atoms with Gasteiger partial charge < -0.3 is 4.74 Å². The maximum Gasteiger partial charge on any atom is 0.350 e. The van der Waals surface area contributed by atoms with Crippen LogP contribution in [0.25, 0.3) is 0 Å². The Labute approximate surface area is 112 Å². The van der Waals surface area contributed by atoms with E-state index in [0.717, 1.165) is 10.0 Å². The lowest BCUT2D eigenvalue weighted by molar-refractivity contribution is 0.0343. The summed E-state index contributed by atoms with van der Waals surface area (Å²) in [6, 6.07) is 11.5. The molecule has 2 aromatic rings. The third-order valence-corrected chi connectivity index (χ3v) is 4.17. The molecule has 0 aliphatic rings. The molecule has 0 saturated carbocycles. The second kappa shape index (κ2) is 5.47. The molecule has 0 bridgehead atoms. The molecular formula is C13H11BrO2S. The number of ether oxygens (including phenoxy) is 1. The molecule has 0 amide bonds. The zero-order chi connectivity index (χ0) is 12.3. The van der Waals surface area contributed by atoms with Gasteiger partial charge in [-0.15, -0.1) is 11.3 Å². The number of hydrogen-bond acceptors (Lipinski definition) is 3. The topological polar surface area (TPSA) is 26.3 Å². The van der Waals surface area contributed by atoms with Crippen LogP contribution in [0, 0.1) is 0 Å². The van der Waals surface area contributed by atoms with E-state index in [-0.39, 0.29) is 12.1 Å². The minimum atomic E-state index is -0.289. The normalized spacial score (nSPS) is 12.1. The molecule has 0 N–H and O–H groups in total. The van der Waals surface area contributed by atoms with Gasteiger partial charge in [0.15, 0.2) is 0 Å². The third kappa shape index (κ3) is 2.96. The molecule has 1 aromatic heterocycles. The van der Waals surface area contributed by atoms with Crippen LogP contribution in [0.4, 0.5) is 0 Å². The summed E-state index contributed by atoms with van der Waals surface area (Å²) in [6.45, 7) is 1.87. The van der Waals surface area contributed by atoms with Gasteiger partial charge in [-0.2, -0.15) is 0 Å². The highest BCUT2D eigenvalue weighted by Gasteiger charge is 2.16. The Balaban J connectivity index is 2.08. The molecular weight excluding hydrogens is 300 g/mol. The molecule has 0 saturated heterocycles. The van der Waals surface area contributed by atoms with Crippen LogP contribution < -0.4 is 0 Å². The van der Waals surface area contributed by atoms with Gasteiger partial charge in [0, 0.05) is 4.47 Å². The maximum absolute atomic E-state index is 11.9. The Morgan fingerprint density at radius 3 is 2.59 bits per heavy atom. The van der Waals surface area contributed by atoms with Crippen molar-refractivity contribution in [3.63, 3.8) is 0 Å². The lowest BCUT2D eigenvalue weighted by Crippen LogP contribution is -2.08. The molecule has 0 radical (unpaired) electrons. The number of hydrogen-bond donors (Lipinski definition) is 0. The molecule has 0 fully saturated rings. The highest BCUT2D eigenvalue weighted by molar-refractivity contribution is 9.10. The number of halogens is 1.